The largest absolute Gasteiger partial charge is 0.361 e. The number of likely N-dealkylation sites (N-methyl/N-ethyl adjacent to an activating group) is 1. The first kappa shape index (κ1) is 26.9. The van der Waals surface area contributed by atoms with Crippen molar-refractivity contribution >= 4 is 28.6 Å². The lowest BCUT2D eigenvalue weighted by Crippen LogP contribution is -2.71. The van der Waals surface area contributed by atoms with Crippen LogP contribution in [0.3, 0.4) is 0 Å². The number of carbonyl (C=O) groups is 3. The smallest absolute Gasteiger partial charge is 0.280 e. The van der Waals surface area contributed by atoms with Crippen molar-refractivity contribution in [3.63, 3.8) is 0 Å². The molecule has 4 fully saturated rings. The zero-order chi connectivity index (χ0) is 29.7. The van der Waals surface area contributed by atoms with Gasteiger partial charge in [0.15, 0.2) is 0 Å². The van der Waals surface area contributed by atoms with Crippen LogP contribution in [-0.4, -0.2) is 92.4 Å². The maximum atomic E-state index is 14.2. The molecule has 0 bridgehead atoms. The highest BCUT2D eigenvalue weighted by atomic mass is 16.7. The fourth-order valence-corrected chi connectivity index (χ4v) is 8.65. The number of rotatable bonds is 4. The number of hydrogen-bond donors (Lipinski definition) is 3. The second kappa shape index (κ2) is 9.38. The molecule has 4 aliphatic heterocycles. The van der Waals surface area contributed by atoms with Gasteiger partial charge in [0.1, 0.15) is 12.1 Å². The monoisotopic (exact) mass is 583 g/mol. The molecular formula is C33H37N5O5. The summed E-state index contributed by atoms with van der Waals surface area (Å²) in [6.07, 6.45) is 5.13. The Morgan fingerprint density at radius 3 is 2.79 bits per heavy atom. The molecule has 1 unspecified atom stereocenters. The number of nitrogens with zero attached hydrogens (tertiary/aromatic N) is 3. The van der Waals surface area contributed by atoms with Gasteiger partial charge in [0.25, 0.3) is 11.8 Å². The van der Waals surface area contributed by atoms with Gasteiger partial charge in [-0.3, -0.25) is 24.0 Å². The average Bonchev–Trinajstić information content (AvgIpc) is 3.70. The van der Waals surface area contributed by atoms with E-state index in [-0.39, 0.29) is 36.1 Å². The van der Waals surface area contributed by atoms with Gasteiger partial charge < -0.3 is 25.2 Å². The predicted molar refractivity (Wildman–Crippen MR) is 157 cm³/mol. The van der Waals surface area contributed by atoms with Crippen LogP contribution in [-0.2, 0) is 32.0 Å². The van der Waals surface area contributed by atoms with Crippen molar-refractivity contribution in [2.45, 2.75) is 74.7 Å². The van der Waals surface area contributed by atoms with Crippen LogP contribution in [0.5, 0.6) is 0 Å². The second-order valence-corrected chi connectivity index (χ2v) is 13.2. The SMILES string of the molecule is CN1C[C@H](C(=O)N[C@@]2(C)O[C@@]3(O)[C@@H]4CCCN4C(=O)[C@H](Cc4ccccc4)N3C2=O)CC2c3cccc4[nH]cc(c34)C[C@H]21. The molecular weight excluding hydrogens is 546 g/mol. The minimum Gasteiger partial charge on any atom is -0.361 e. The van der Waals surface area contributed by atoms with E-state index in [0.29, 0.717) is 32.4 Å². The molecule has 3 amide bonds. The fraction of sp³-hybridized carbons (Fsp3) is 0.485. The third-order valence-electron chi connectivity index (χ3n) is 10.6. The first-order valence-electron chi connectivity index (χ1n) is 15.4. The Hall–Kier alpha value is -3.73. The summed E-state index contributed by atoms with van der Waals surface area (Å²) in [6, 6.07) is 14.4. The molecule has 0 radical (unpaired) electrons. The summed E-state index contributed by atoms with van der Waals surface area (Å²) in [5, 5.41) is 16.2. The van der Waals surface area contributed by atoms with E-state index < -0.39 is 29.6 Å². The number of benzene rings is 2. The lowest BCUT2D eigenvalue weighted by molar-refractivity contribution is -0.315. The van der Waals surface area contributed by atoms with Gasteiger partial charge in [0.2, 0.25) is 17.5 Å². The topological polar surface area (TPSA) is 118 Å². The lowest BCUT2D eigenvalue weighted by atomic mass is 9.72. The van der Waals surface area contributed by atoms with E-state index >= 15 is 0 Å². The number of hydrogen-bond acceptors (Lipinski definition) is 6. The van der Waals surface area contributed by atoms with Crippen molar-refractivity contribution in [2.24, 2.45) is 5.92 Å². The van der Waals surface area contributed by atoms with Gasteiger partial charge >= 0.3 is 0 Å². The van der Waals surface area contributed by atoms with Gasteiger partial charge in [0.05, 0.1) is 5.92 Å². The minimum absolute atomic E-state index is 0.171. The van der Waals surface area contributed by atoms with E-state index in [1.54, 1.807) is 4.90 Å². The van der Waals surface area contributed by atoms with E-state index in [9.17, 15) is 19.5 Å². The standard InChI is InChI=1S/C33H37N5O5/c1-32(35-29(39)21-15-23-22-10-6-11-24-28(22)20(17-34-24)16-25(23)36(2)18-21)31(41)38-26(14-19-8-4-3-5-9-19)30(40)37-13-7-12-27(37)33(38,42)43-32/h3-6,8-11,17,21,23,25-27,34,42H,7,12-16,18H2,1-2H3,(H,35,39)/t21-,23?,25-,26+,27+,32+,33+/m1/s1. The van der Waals surface area contributed by atoms with E-state index in [1.807, 2.05) is 30.3 Å². The molecule has 1 aliphatic carbocycles. The summed E-state index contributed by atoms with van der Waals surface area (Å²) < 4.78 is 6.25. The number of likely N-dealkylation sites (tertiary alicyclic amines) is 1. The van der Waals surface area contributed by atoms with Gasteiger partial charge in [-0.2, -0.15) is 0 Å². The Labute approximate surface area is 250 Å². The normalized spacial score (nSPS) is 35.2. The number of piperidine rings is 1. The molecule has 4 saturated heterocycles. The second-order valence-electron chi connectivity index (χ2n) is 13.2. The van der Waals surface area contributed by atoms with E-state index in [1.165, 1.54) is 28.3 Å². The number of aliphatic hydroxyl groups is 1. The van der Waals surface area contributed by atoms with Crippen LogP contribution in [0.4, 0.5) is 0 Å². The molecule has 3 aromatic rings. The van der Waals surface area contributed by atoms with Crippen molar-refractivity contribution in [1.82, 2.24) is 25.0 Å². The van der Waals surface area contributed by atoms with Crippen LogP contribution in [0.1, 0.15) is 48.8 Å². The molecule has 10 nitrogen and oxygen atoms in total. The van der Waals surface area contributed by atoms with E-state index in [4.69, 9.17) is 4.74 Å². The third kappa shape index (κ3) is 3.86. The molecule has 0 saturated carbocycles. The van der Waals surface area contributed by atoms with Crippen LogP contribution in [0, 0.1) is 5.92 Å². The van der Waals surface area contributed by atoms with Crippen LogP contribution in [0.25, 0.3) is 10.9 Å². The number of nitrogens with one attached hydrogen (secondary N) is 2. The van der Waals surface area contributed by atoms with E-state index in [0.717, 1.165) is 17.5 Å². The molecule has 224 valence electrons. The van der Waals surface area contributed by atoms with Crippen molar-refractivity contribution in [3.8, 4) is 0 Å². The lowest BCUT2D eigenvalue weighted by Gasteiger charge is -2.48. The van der Waals surface area contributed by atoms with Crippen molar-refractivity contribution in [1.29, 1.82) is 0 Å². The van der Waals surface area contributed by atoms with Crippen LogP contribution < -0.4 is 5.32 Å². The van der Waals surface area contributed by atoms with Crippen molar-refractivity contribution < 1.29 is 24.2 Å². The Morgan fingerprint density at radius 2 is 1.98 bits per heavy atom. The molecule has 3 N–H and O–H groups in total. The summed E-state index contributed by atoms with van der Waals surface area (Å²) >= 11 is 0. The van der Waals surface area contributed by atoms with Crippen molar-refractivity contribution in [3.05, 3.63) is 71.4 Å². The molecule has 10 heteroatoms. The number of fused-ring (bicyclic) bond motifs is 5. The van der Waals surface area contributed by atoms with Gasteiger partial charge in [-0.05, 0) is 62.4 Å². The number of carbonyl (C=O) groups excluding carboxylic acids is 3. The molecule has 8 rings (SSSR count). The molecule has 7 atom stereocenters. The van der Waals surface area contributed by atoms with Gasteiger partial charge in [-0.25, -0.2) is 0 Å². The van der Waals surface area contributed by atoms with Crippen LogP contribution >= 0.6 is 0 Å². The molecule has 43 heavy (non-hydrogen) atoms. The van der Waals surface area contributed by atoms with Gasteiger partial charge in [-0.15, -0.1) is 0 Å². The molecule has 0 spiro atoms. The number of aromatic nitrogens is 1. The van der Waals surface area contributed by atoms with Gasteiger partial charge in [0, 0.05) is 48.6 Å². The number of ether oxygens (including phenoxy) is 1. The van der Waals surface area contributed by atoms with Crippen molar-refractivity contribution in [2.75, 3.05) is 20.1 Å². The minimum atomic E-state index is -2.03. The molecule has 5 aliphatic rings. The zero-order valence-corrected chi connectivity index (χ0v) is 24.5. The highest BCUT2D eigenvalue weighted by molar-refractivity contribution is 5.97. The van der Waals surface area contributed by atoms with Crippen LogP contribution in [0.15, 0.2) is 54.7 Å². The Balaban J connectivity index is 1.08. The van der Waals surface area contributed by atoms with E-state index in [2.05, 4.69) is 46.6 Å². The summed E-state index contributed by atoms with van der Waals surface area (Å²) in [7, 11) is 2.06. The number of piperazine rings is 1. The number of aromatic amines is 1. The maximum Gasteiger partial charge on any atom is 0.280 e. The summed E-state index contributed by atoms with van der Waals surface area (Å²) in [6.45, 7) is 2.56. The highest BCUT2D eigenvalue weighted by Gasteiger charge is 2.70. The number of H-pyrrole nitrogens is 1. The average molecular weight is 584 g/mol. The Kier molecular flexibility index (Phi) is 5.86. The predicted octanol–water partition coefficient (Wildman–Crippen LogP) is 2.08. The Bertz CT molecular complexity index is 1640. The molecule has 2 aromatic carbocycles. The quantitative estimate of drug-likeness (QED) is 0.433. The summed E-state index contributed by atoms with van der Waals surface area (Å²) in [4.78, 5) is 50.4. The highest BCUT2D eigenvalue weighted by Crippen LogP contribution is 2.47. The molecule has 1 aromatic heterocycles. The maximum absolute atomic E-state index is 14.2. The molecule has 5 heterocycles. The van der Waals surface area contributed by atoms with Crippen LogP contribution in [0.2, 0.25) is 0 Å². The fourth-order valence-electron chi connectivity index (χ4n) is 8.65. The third-order valence-corrected chi connectivity index (χ3v) is 10.6. The summed E-state index contributed by atoms with van der Waals surface area (Å²) in [5.41, 5.74) is 2.74. The summed E-state index contributed by atoms with van der Waals surface area (Å²) in [5.74, 6) is -3.31. The first-order valence-corrected chi connectivity index (χ1v) is 15.4. The zero-order valence-electron chi connectivity index (χ0n) is 24.5. The Morgan fingerprint density at radius 1 is 1.16 bits per heavy atom. The number of amides is 3. The van der Waals surface area contributed by atoms with Gasteiger partial charge in [-0.1, -0.05) is 42.5 Å². The first-order chi connectivity index (χ1) is 20.7.